The summed E-state index contributed by atoms with van der Waals surface area (Å²) in [6.45, 7) is 3.62. The zero-order valence-electron chi connectivity index (χ0n) is 17.4. The van der Waals surface area contributed by atoms with E-state index in [2.05, 4.69) is 9.98 Å². The number of imidazole rings is 1. The molecule has 0 aliphatic rings. The molecule has 0 aliphatic heterocycles. The second-order valence-corrected chi connectivity index (χ2v) is 7.36. The van der Waals surface area contributed by atoms with Crippen molar-refractivity contribution < 1.29 is 13.8 Å². The Labute approximate surface area is 182 Å². The zero-order valence-corrected chi connectivity index (χ0v) is 17.4. The Hall–Kier alpha value is -4.46. The number of hydrogen-bond donors (Lipinski definition) is 0. The molecule has 8 nitrogen and oxygen atoms in total. The molecule has 5 aromatic rings. The maximum Gasteiger partial charge on any atom is 0.273 e. The highest BCUT2D eigenvalue weighted by molar-refractivity contribution is 5.83. The van der Waals surface area contributed by atoms with E-state index in [0.717, 1.165) is 11.2 Å². The van der Waals surface area contributed by atoms with Crippen molar-refractivity contribution in [2.45, 2.75) is 13.8 Å². The highest BCUT2D eigenvalue weighted by Gasteiger charge is 2.17. The van der Waals surface area contributed by atoms with Crippen LogP contribution in [0, 0.1) is 24.0 Å². The first-order valence-corrected chi connectivity index (χ1v) is 9.92. The van der Waals surface area contributed by atoms with Gasteiger partial charge in [0.1, 0.15) is 17.2 Å². The first kappa shape index (κ1) is 19.5. The lowest BCUT2D eigenvalue weighted by molar-refractivity contribution is -0.385. The molecule has 0 saturated carbocycles. The van der Waals surface area contributed by atoms with E-state index in [1.54, 1.807) is 49.7 Å². The first-order valence-electron chi connectivity index (χ1n) is 9.92. The standard InChI is InChI=1S/C24H18N4O4/c1-15-12-16(2)19(28(29)30)13-18(15)20-9-8-17(32-20)14-25-24-23(21-6-5-11-31-21)26-22-7-3-4-10-27(22)24/h3-14H,1-2H3/b25-14+. The Morgan fingerprint density at radius 3 is 2.72 bits per heavy atom. The minimum absolute atomic E-state index is 0.0611. The van der Waals surface area contributed by atoms with Crippen molar-refractivity contribution in [3.05, 3.63) is 94.1 Å². The van der Waals surface area contributed by atoms with Crippen LogP contribution in [0.3, 0.4) is 0 Å². The summed E-state index contributed by atoms with van der Waals surface area (Å²) in [5.41, 5.74) is 3.61. The van der Waals surface area contributed by atoms with Gasteiger partial charge in [-0.2, -0.15) is 0 Å². The van der Waals surface area contributed by atoms with Gasteiger partial charge >= 0.3 is 0 Å². The summed E-state index contributed by atoms with van der Waals surface area (Å²) < 4.78 is 13.3. The summed E-state index contributed by atoms with van der Waals surface area (Å²) >= 11 is 0. The van der Waals surface area contributed by atoms with Gasteiger partial charge in [-0.25, -0.2) is 9.98 Å². The molecule has 0 aliphatic carbocycles. The number of benzene rings is 1. The van der Waals surface area contributed by atoms with Gasteiger partial charge < -0.3 is 8.83 Å². The molecular formula is C24H18N4O4. The number of hydrogen-bond acceptors (Lipinski definition) is 6. The van der Waals surface area contributed by atoms with Crippen LogP contribution in [0.2, 0.25) is 0 Å². The fourth-order valence-corrected chi connectivity index (χ4v) is 3.68. The van der Waals surface area contributed by atoms with E-state index in [1.807, 2.05) is 41.8 Å². The predicted molar refractivity (Wildman–Crippen MR) is 120 cm³/mol. The molecular weight excluding hydrogens is 408 g/mol. The largest absolute Gasteiger partial charge is 0.463 e. The summed E-state index contributed by atoms with van der Waals surface area (Å²) in [6.07, 6.45) is 5.07. The van der Waals surface area contributed by atoms with Crippen LogP contribution >= 0.6 is 0 Å². The smallest absolute Gasteiger partial charge is 0.273 e. The van der Waals surface area contributed by atoms with E-state index in [9.17, 15) is 10.1 Å². The number of nitro benzene ring substituents is 1. The van der Waals surface area contributed by atoms with Crippen molar-refractivity contribution in [2.75, 3.05) is 0 Å². The van der Waals surface area contributed by atoms with Gasteiger partial charge in [0.05, 0.1) is 17.4 Å². The van der Waals surface area contributed by atoms with Gasteiger partial charge in [0, 0.05) is 23.4 Å². The van der Waals surface area contributed by atoms with Gasteiger partial charge in [-0.15, -0.1) is 0 Å². The number of pyridine rings is 1. The second-order valence-electron chi connectivity index (χ2n) is 7.36. The van der Waals surface area contributed by atoms with E-state index < -0.39 is 0 Å². The number of aryl methyl sites for hydroxylation is 2. The van der Waals surface area contributed by atoms with Gasteiger partial charge in [-0.3, -0.25) is 14.5 Å². The number of aromatic nitrogens is 2. The number of fused-ring (bicyclic) bond motifs is 1. The van der Waals surface area contributed by atoms with Crippen molar-refractivity contribution in [3.63, 3.8) is 0 Å². The minimum atomic E-state index is -0.384. The highest BCUT2D eigenvalue weighted by Crippen LogP contribution is 2.33. The molecule has 0 fully saturated rings. The Morgan fingerprint density at radius 2 is 1.94 bits per heavy atom. The van der Waals surface area contributed by atoms with Crippen LogP contribution in [0.15, 0.2) is 80.9 Å². The summed E-state index contributed by atoms with van der Waals surface area (Å²) in [6, 6.07) is 16.2. The lowest BCUT2D eigenvalue weighted by Gasteiger charge is -2.05. The molecule has 0 unspecified atom stereocenters. The van der Waals surface area contributed by atoms with Crippen molar-refractivity contribution >= 4 is 23.4 Å². The van der Waals surface area contributed by atoms with E-state index in [0.29, 0.717) is 39.9 Å². The average molecular weight is 426 g/mol. The van der Waals surface area contributed by atoms with E-state index >= 15 is 0 Å². The molecule has 0 saturated heterocycles. The average Bonchev–Trinajstić information content (AvgIpc) is 3.51. The molecule has 0 amide bonds. The third kappa shape index (κ3) is 3.37. The van der Waals surface area contributed by atoms with Crippen molar-refractivity contribution in [1.29, 1.82) is 0 Å². The fraction of sp³-hybridized carbons (Fsp3) is 0.0833. The summed E-state index contributed by atoms with van der Waals surface area (Å²) in [4.78, 5) is 20.2. The maximum absolute atomic E-state index is 11.3. The molecule has 0 N–H and O–H groups in total. The summed E-state index contributed by atoms with van der Waals surface area (Å²) in [5, 5.41) is 11.3. The monoisotopic (exact) mass is 426 g/mol. The Bertz CT molecular complexity index is 1480. The van der Waals surface area contributed by atoms with E-state index in [4.69, 9.17) is 8.83 Å². The van der Waals surface area contributed by atoms with Crippen LogP contribution in [-0.2, 0) is 0 Å². The lowest BCUT2D eigenvalue weighted by atomic mass is 10.0. The molecule has 0 spiro atoms. The van der Waals surface area contributed by atoms with Crippen LogP contribution in [0.5, 0.6) is 0 Å². The molecule has 1 aromatic carbocycles. The molecule has 158 valence electrons. The van der Waals surface area contributed by atoms with Gasteiger partial charge in [0.15, 0.2) is 17.3 Å². The number of aliphatic imine (C=N–C) groups is 1. The minimum Gasteiger partial charge on any atom is -0.463 e. The quantitative estimate of drug-likeness (QED) is 0.191. The Balaban J connectivity index is 1.53. The maximum atomic E-state index is 11.3. The first-order chi connectivity index (χ1) is 15.5. The van der Waals surface area contributed by atoms with Crippen LogP contribution in [-0.4, -0.2) is 20.5 Å². The molecule has 32 heavy (non-hydrogen) atoms. The Kier molecular flexibility index (Phi) is 4.67. The number of rotatable bonds is 5. The predicted octanol–water partition coefficient (Wildman–Crippen LogP) is 6.13. The van der Waals surface area contributed by atoms with Gasteiger partial charge in [-0.05, 0) is 61.9 Å². The van der Waals surface area contributed by atoms with Crippen molar-refractivity contribution in [1.82, 2.24) is 9.38 Å². The zero-order chi connectivity index (χ0) is 22.2. The van der Waals surface area contributed by atoms with Gasteiger partial charge in [0.2, 0.25) is 0 Å². The van der Waals surface area contributed by atoms with Crippen LogP contribution in [0.4, 0.5) is 11.5 Å². The summed E-state index contributed by atoms with van der Waals surface area (Å²) in [5.74, 6) is 2.27. The molecule has 0 radical (unpaired) electrons. The molecule has 0 bridgehead atoms. The highest BCUT2D eigenvalue weighted by atomic mass is 16.6. The second kappa shape index (κ2) is 7.66. The van der Waals surface area contributed by atoms with Gasteiger partial charge in [0.25, 0.3) is 5.69 Å². The molecule has 0 atom stereocenters. The molecule has 8 heteroatoms. The SMILES string of the molecule is Cc1cc(C)c([N+](=O)[O-])cc1-c1ccc(/C=N/c2c(-c3ccco3)nc3ccccn23)o1. The van der Waals surface area contributed by atoms with Crippen molar-refractivity contribution in [2.24, 2.45) is 4.99 Å². The third-order valence-electron chi connectivity index (χ3n) is 5.21. The third-order valence-corrected chi connectivity index (χ3v) is 5.21. The van der Waals surface area contributed by atoms with Crippen LogP contribution in [0.1, 0.15) is 16.9 Å². The van der Waals surface area contributed by atoms with Crippen LogP contribution < -0.4 is 0 Å². The fourth-order valence-electron chi connectivity index (χ4n) is 3.68. The topological polar surface area (TPSA) is 99.1 Å². The molecule has 4 aromatic heterocycles. The normalized spacial score (nSPS) is 11.6. The molecule has 4 heterocycles. The number of nitrogens with zero attached hydrogens (tertiary/aromatic N) is 4. The van der Waals surface area contributed by atoms with E-state index in [-0.39, 0.29) is 10.6 Å². The summed E-state index contributed by atoms with van der Waals surface area (Å²) in [7, 11) is 0. The lowest BCUT2D eigenvalue weighted by Crippen LogP contribution is -1.94. The molecule has 5 rings (SSSR count). The van der Waals surface area contributed by atoms with Crippen molar-refractivity contribution in [3.8, 4) is 22.8 Å². The van der Waals surface area contributed by atoms with Gasteiger partial charge in [-0.1, -0.05) is 6.07 Å². The van der Waals surface area contributed by atoms with E-state index in [1.165, 1.54) is 0 Å². The number of nitro groups is 1. The number of furan rings is 2. The van der Waals surface area contributed by atoms with Crippen LogP contribution in [0.25, 0.3) is 28.4 Å². The Morgan fingerprint density at radius 1 is 1.06 bits per heavy atom.